The Hall–Kier alpha value is -1.10. The Bertz CT molecular complexity index is 518. The molecule has 0 spiro atoms. The number of benzene rings is 1. The molecule has 0 bridgehead atoms. The Balaban J connectivity index is 1.83. The van der Waals surface area contributed by atoms with Gasteiger partial charge in [0.1, 0.15) is 5.75 Å². The summed E-state index contributed by atoms with van der Waals surface area (Å²) in [6.07, 6.45) is 3.45. The summed E-state index contributed by atoms with van der Waals surface area (Å²) in [5, 5.41) is 10.1. The van der Waals surface area contributed by atoms with Crippen LogP contribution in [0.15, 0.2) is 18.2 Å². The molecule has 1 N–H and O–H groups in total. The minimum Gasteiger partial charge on any atom is -0.508 e. The maximum atomic E-state index is 10.1. The minimum atomic E-state index is 0.200. The van der Waals surface area contributed by atoms with E-state index in [9.17, 15) is 5.11 Å². The number of phenolic OH excluding ortho intramolecular Hbond substituents is 1. The van der Waals surface area contributed by atoms with E-state index in [1.54, 1.807) is 6.07 Å². The number of aromatic hydroxyl groups is 1. The average Bonchev–Trinajstić information content (AvgIpc) is 2.46. The zero-order valence-corrected chi connectivity index (χ0v) is 14.0. The Morgan fingerprint density at radius 2 is 2.14 bits per heavy atom. The zero-order chi connectivity index (χ0) is 15.7. The highest BCUT2D eigenvalue weighted by molar-refractivity contribution is 5.42. The molecule has 4 nitrogen and oxygen atoms in total. The van der Waals surface area contributed by atoms with Gasteiger partial charge in [0.25, 0.3) is 0 Å². The molecule has 0 radical (unpaired) electrons. The van der Waals surface area contributed by atoms with Crippen LogP contribution in [0.2, 0.25) is 0 Å². The van der Waals surface area contributed by atoms with Crippen molar-refractivity contribution in [3.05, 3.63) is 29.3 Å². The van der Waals surface area contributed by atoms with Crippen molar-refractivity contribution in [1.82, 2.24) is 9.80 Å². The number of hydrogen-bond acceptors (Lipinski definition) is 4. The lowest BCUT2D eigenvalue weighted by Gasteiger charge is -2.48. The molecule has 0 amide bonds. The maximum Gasteiger partial charge on any atom is 0.119 e. The second-order valence-corrected chi connectivity index (χ2v) is 6.94. The Labute approximate surface area is 133 Å². The Morgan fingerprint density at radius 3 is 2.86 bits per heavy atom. The van der Waals surface area contributed by atoms with E-state index in [0.29, 0.717) is 11.8 Å². The lowest BCUT2D eigenvalue weighted by atomic mass is 9.83. The molecule has 1 saturated heterocycles. The van der Waals surface area contributed by atoms with Gasteiger partial charge in [-0.3, -0.25) is 4.90 Å². The number of ether oxygens (including phenoxy) is 1. The molecule has 0 aromatic heterocycles. The van der Waals surface area contributed by atoms with Gasteiger partial charge in [-0.05, 0) is 50.7 Å². The highest BCUT2D eigenvalue weighted by Crippen LogP contribution is 2.34. The molecule has 1 fully saturated rings. The van der Waals surface area contributed by atoms with Crippen LogP contribution in [0.1, 0.15) is 24.5 Å². The first-order valence-corrected chi connectivity index (χ1v) is 8.42. The van der Waals surface area contributed by atoms with Gasteiger partial charge in [0.2, 0.25) is 0 Å². The van der Waals surface area contributed by atoms with Gasteiger partial charge in [-0.1, -0.05) is 19.1 Å². The molecule has 122 valence electrons. The normalized spacial score (nSPS) is 28.5. The monoisotopic (exact) mass is 304 g/mol. The first-order valence-electron chi connectivity index (χ1n) is 8.42. The molecule has 1 aliphatic heterocycles. The van der Waals surface area contributed by atoms with E-state index in [2.05, 4.69) is 36.9 Å². The third-order valence-electron chi connectivity index (χ3n) is 4.87. The van der Waals surface area contributed by atoms with E-state index >= 15 is 0 Å². The second-order valence-electron chi connectivity index (χ2n) is 6.94. The summed E-state index contributed by atoms with van der Waals surface area (Å²) in [6, 6.07) is 6.36. The summed E-state index contributed by atoms with van der Waals surface area (Å²) in [6.45, 7) is 5.34. The first kappa shape index (κ1) is 15.8. The highest BCUT2D eigenvalue weighted by Gasteiger charge is 2.40. The van der Waals surface area contributed by atoms with Gasteiger partial charge in [0, 0.05) is 25.6 Å². The van der Waals surface area contributed by atoms with Crippen LogP contribution < -0.4 is 0 Å². The van der Waals surface area contributed by atoms with Crippen molar-refractivity contribution in [1.29, 1.82) is 0 Å². The summed E-state index contributed by atoms with van der Waals surface area (Å²) < 4.78 is 6.40. The molecule has 3 atom stereocenters. The van der Waals surface area contributed by atoms with Crippen molar-refractivity contribution in [2.24, 2.45) is 0 Å². The van der Waals surface area contributed by atoms with Crippen LogP contribution in [-0.4, -0.2) is 66.9 Å². The molecular formula is C18H28N2O2. The molecule has 1 aliphatic carbocycles. The average molecular weight is 304 g/mol. The van der Waals surface area contributed by atoms with Gasteiger partial charge >= 0.3 is 0 Å². The summed E-state index contributed by atoms with van der Waals surface area (Å²) in [5.41, 5.74) is 2.38. The Morgan fingerprint density at radius 1 is 1.32 bits per heavy atom. The van der Waals surface area contributed by atoms with Crippen molar-refractivity contribution < 1.29 is 9.84 Å². The minimum absolute atomic E-state index is 0.200. The van der Waals surface area contributed by atoms with Gasteiger partial charge in [-0.2, -0.15) is 0 Å². The molecule has 1 aromatic rings. The van der Waals surface area contributed by atoms with Crippen molar-refractivity contribution in [2.75, 3.05) is 33.7 Å². The van der Waals surface area contributed by atoms with Gasteiger partial charge in [0.15, 0.2) is 0 Å². The first-order chi connectivity index (χ1) is 10.6. The molecule has 3 rings (SSSR count). The summed E-state index contributed by atoms with van der Waals surface area (Å²) in [7, 11) is 4.20. The van der Waals surface area contributed by atoms with Gasteiger partial charge in [-0.25, -0.2) is 0 Å². The topological polar surface area (TPSA) is 35.9 Å². The molecule has 2 aliphatic rings. The molecule has 0 saturated carbocycles. The van der Waals surface area contributed by atoms with E-state index < -0.39 is 0 Å². The summed E-state index contributed by atoms with van der Waals surface area (Å²) in [5.74, 6) is 0.427. The molecule has 0 unspecified atom stereocenters. The van der Waals surface area contributed by atoms with Crippen LogP contribution >= 0.6 is 0 Å². The number of hydrogen-bond donors (Lipinski definition) is 1. The van der Waals surface area contributed by atoms with E-state index in [1.165, 1.54) is 12.0 Å². The second kappa shape index (κ2) is 6.57. The van der Waals surface area contributed by atoms with Gasteiger partial charge in [-0.15, -0.1) is 0 Å². The number of nitrogens with zero attached hydrogens (tertiary/aromatic N) is 2. The molecule has 1 heterocycles. The Kier molecular flexibility index (Phi) is 4.71. The quantitative estimate of drug-likeness (QED) is 0.922. The van der Waals surface area contributed by atoms with Crippen LogP contribution in [0, 0.1) is 0 Å². The lowest BCUT2D eigenvalue weighted by Crippen LogP contribution is -2.59. The number of morpholine rings is 1. The fraction of sp³-hybridized carbons (Fsp3) is 0.667. The molecule has 1 aromatic carbocycles. The maximum absolute atomic E-state index is 10.1. The third-order valence-corrected chi connectivity index (χ3v) is 4.87. The van der Waals surface area contributed by atoms with Crippen molar-refractivity contribution in [2.45, 2.75) is 44.4 Å². The molecule has 4 heteroatoms. The number of rotatable bonds is 4. The van der Waals surface area contributed by atoms with Crippen molar-refractivity contribution in [3.8, 4) is 5.75 Å². The van der Waals surface area contributed by atoms with Crippen molar-refractivity contribution in [3.63, 3.8) is 0 Å². The predicted molar refractivity (Wildman–Crippen MR) is 88.4 cm³/mol. The van der Waals surface area contributed by atoms with Gasteiger partial charge < -0.3 is 14.7 Å². The zero-order valence-electron chi connectivity index (χ0n) is 14.0. The van der Waals surface area contributed by atoms with Crippen LogP contribution in [0.4, 0.5) is 0 Å². The largest absolute Gasteiger partial charge is 0.508 e. The molecule has 22 heavy (non-hydrogen) atoms. The van der Waals surface area contributed by atoms with Gasteiger partial charge in [0.05, 0.1) is 12.2 Å². The van der Waals surface area contributed by atoms with Crippen molar-refractivity contribution >= 4 is 0 Å². The van der Waals surface area contributed by atoms with Crippen LogP contribution in [-0.2, 0) is 17.6 Å². The number of likely N-dealkylation sites (N-methyl/N-ethyl adjacent to an activating group) is 1. The van der Waals surface area contributed by atoms with E-state index in [4.69, 9.17) is 4.74 Å². The SMILES string of the molecule is CCCN1C[C@H](CN(C)C)O[C@@H]2Cc3c(O)cccc3C[C@H]21. The lowest BCUT2D eigenvalue weighted by molar-refractivity contribution is -0.127. The fourth-order valence-corrected chi connectivity index (χ4v) is 3.98. The number of phenols is 1. The summed E-state index contributed by atoms with van der Waals surface area (Å²) in [4.78, 5) is 4.80. The number of fused-ring (bicyclic) bond motifs is 2. The van der Waals surface area contributed by atoms with Crippen LogP contribution in [0.5, 0.6) is 5.75 Å². The highest BCUT2D eigenvalue weighted by atomic mass is 16.5. The van der Waals surface area contributed by atoms with Crippen LogP contribution in [0.25, 0.3) is 0 Å². The fourth-order valence-electron chi connectivity index (χ4n) is 3.98. The summed E-state index contributed by atoms with van der Waals surface area (Å²) >= 11 is 0. The molecular weight excluding hydrogens is 276 g/mol. The third kappa shape index (κ3) is 3.14. The van der Waals surface area contributed by atoms with Crippen LogP contribution in [0.3, 0.4) is 0 Å². The smallest absolute Gasteiger partial charge is 0.119 e. The van der Waals surface area contributed by atoms with E-state index in [0.717, 1.165) is 38.0 Å². The van der Waals surface area contributed by atoms with E-state index in [1.807, 2.05) is 6.07 Å². The predicted octanol–water partition coefficient (Wildman–Crippen LogP) is 1.90. The van der Waals surface area contributed by atoms with E-state index in [-0.39, 0.29) is 12.2 Å². The standard InChI is InChI=1S/C18H28N2O2/c1-4-8-20-12-14(11-19(2)3)22-18-10-15-13(9-16(18)20)6-5-7-17(15)21/h5-7,14,16,18,21H,4,8-12H2,1-3H3/t14-,16+,18+/m0/s1.